The van der Waals surface area contributed by atoms with Crippen molar-refractivity contribution in [2.45, 2.75) is 19.5 Å². The number of para-hydroxylation sites is 1. The number of amides is 1. The third-order valence-electron chi connectivity index (χ3n) is 5.95. The van der Waals surface area contributed by atoms with Crippen molar-refractivity contribution in [2.24, 2.45) is 0 Å². The van der Waals surface area contributed by atoms with E-state index in [1.165, 1.54) is 0 Å². The van der Waals surface area contributed by atoms with Crippen molar-refractivity contribution in [3.05, 3.63) is 76.3 Å². The van der Waals surface area contributed by atoms with Gasteiger partial charge in [-0.3, -0.25) is 19.1 Å². The molecule has 7 heteroatoms. The standard InChI is InChI=1S/C24H28N4O3/c1-18(26-12-14-27(15-13-26)23(29)19-8-4-3-5-9-19)22-25-21-11-7-6-10-20(21)24(30)28(22)16-17-31-2/h3-11,18H,12-17H2,1-2H3. The SMILES string of the molecule is COCCn1c(C(C)N2CCN(C(=O)c3ccccc3)CC2)nc2ccccc2c1=O. The summed E-state index contributed by atoms with van der Waals surface area (Å²) < 4.78 is 6.96. The van der Waals surface area contributed by atoms with Gasteiger partial charge in [-0.15, -0.1) is 0 Å². The molecule has 4 rings (SSSR count). The molecule has 1 aliphatic rings. The number of fused-ring (bicyclic) bond motifs is 1. The van der Waals surface area contributed by atoms with Crippen LogP contribution in [0.15, 0.2) is 59.4 Å². The molecule has 1 atom stereocenters. The van der Waals surface area contributed by atoms with Crippen LogP contribution in [0, 0.1) is 0 Å². The lowest BCUT2D eigenvalue weighted by Gasteiger charge is -2.38. The van der Waals surface area contributed by atoms with Crippen LogP contribution in [0.2, 0.25) is 0 Å². The number of benzene rings is 2. The quantitative estimate of drug-likeness (QED) is 0.613. The van der Waals surface area contributed by atoms with Crippen LogP contribution in [-0.4, -0.2) is 65.2 Å². The molecule has 1 saturated heterocycles. The van der Waals surface area contributed by atoms with E-state index in [1.54, 1.807) is 11.7 Å². The first-order valence-corrected chi connectivity index (χ1v) is 10.7. The molecule has 0 radical (unpaired) electrons. The van der Waals surface area contributed by atoms with Gasteiger partial charge in [-0.2, -0.15) is 0 Å². The lowest BCUT2D eigenvalue weighted by Crippen LogP contribution is -2.50. The highest BCUT2D eigenvalue weighted by molar-refractivity contribution is 5.94. The van der Waals surface area contributed by atoms with E-state index in [-0.39, 0.29) is 17.5 Å². The number of carbonyl (C=O) groups is 1. The summed E-state index contributed by atoms with van der Waals surface area (Å²) in [7, 11) is 1.63. The van der Waals surface area contributed by atoms with Crippen LogP contribution in [0.3, 0.4) is 0 Å². The topological polar surface area (TPSA) is 67.7 Å². The van der Waals surface area contributed by atoms with Gasteiger partial charge in [-0.05, 0) is 31.2 Å². The molecule has 1 unspecified atom stereocenters. The van der Waals surface area contributed by atoms with Gasteiger partial charge in [0.15, 0.2) is 0 Å². The first-order chi connectivity index (χ1) is 15.1. The second-order valence-corrected chi connectivity index (χ2v) is 7.81. The largest absolute Gasteiger partial charge is 0.383 e. The monoisotopic (exact) mass is 420 g/mol. The highest BCUT2D eigenvalue weighted by Crippen LogP contribution is 2.22. The lowest BCUT2D eigenvalue weighted by atomic mass is 10.1. The Bertz CT molecular complexity index is 1100. The maximum atomic E-state index is 13.1. The van der Waals surface area contributed by atoms with Gasteiger partial charge in [0.1, 0.15) is 5.82 Å². The molecule has 0 spiro atoms. The predicted octanol–water partition coefficient (Wildman–Crippen LogP) is 2.56. The smallest absolute Gasteiger partial charge is 0.261 e. The Kier molecular flexibility index (Phi) is 6.44. The molecule has 2 aromatic carbocycles. The van der Waals surface area contributed by atoms with Crippen molar-refractivity contribution in [3.8, 4) is 0 Å². The Hall–Kier alpha value is -3.03. The van der Waals surface area contributed by atoms with Gasteiger partial charge in [-0.25, -0.2) is 4.98 Å². The summed E-state index contributed by atoms with van der Waals surface area (Å²) in [6.07, 6.45) is 0. The highest BCUT2D eigenvalue weighted by atomic mass is 16.5. The molecule has 1 fully saturated rings. The number of aromatic nitrogens is 2. The van der Waals surface area contributed by atoms with Crippen LogP contribution in [0.5, 0.6) is 0 Å². The average molecular weight is 421 g/mol. The Morgan fingerprint density at radius 3 is 2.42 bits per heavy atom. The van der Waals surface area contributed by atoms with Crippen molar-refractivity contribution in [1.29, 1.82) is 0 Å². The van der Waals surface area contributed by atoms with Crippen LogP contribution < -0.4 is 5.56 Å². The predicted molar refractivity (Wildman–Crippen MR) is 120 cm³/mol. The molecule has 0 saturated carbocycles. The molecule has 0 N–H and O–H groups in total. The van der Waals surface area contributed by atoms with Crippen molar-refractivity contribution < 1.29 is 9.53 Å². The van der Waals surface area contributed by atoms with Gasteiger partial charge < -0.3 is 9.64 Å². The number of rotatable bonds is 6. The van der Waals surface area contributed by atoms with E-state index >= 15 is 0 Å². The Morgan fingerprint density at radius 1 is 1.03 bits per heavy atom. The number of hydrogen-bond donors (Lipinski definition) is 0. The van der Waals surface area contributed by atoms with E-state index < -0.39 is 0 Å². The molecule has 1 aliphatic heterocycles. The summed E-state index contributed by atoms with van der Waals surface area (Å²) in [4.78, 5) is 34.9. The zero-order valence-electron chi connectivity index (χ0n) is 18.0. The van der Waals surface area contributed by atoms with E-state index in [2.05, 4.69) is 11.8 Å². The fourth-order valence-corrected chi connectivity index (χ4v) is 4.14. The minimum absolute atomic E-state index is 0.0395. The Labute approximate surface area is 181 Å². The van der Waals surface area contributed by atoms with Crippen molar-refractivity contribution in [1.82, 2.24) is 19.4 Å². The molecule has 2 heterocycles. The third kappa shape index (κ3) is 4.38. The summed E-state index contributed by atoms with van der Waals surface area (Å²) in [6, 6.07) is 16.8. The normalized spacial score (nSPS) is 15.9. The van der Waals surface area contributed by atoms with E-state index in [4.69, 9.17) is 9.72 Å². The molecular formula is C24H28N4O3. The zero-order valence-corrected chi connectivity index (χ0v) is 18.0. The molecule has 0 aliphatic carbocycles. The lowest BCUT2D eigenvalue weighted by molar-refractivity contribution is 0.0569. The molecule has 31 heavy (non-hydrogen) atoms. The van der Waals surface area contributed by atoms with Crippen molar-refractivity contribution in [2.75, 3.05) is 39.9 Å². The molecule has 7 nitrogen and oxygen atoms in total. The third-order valence-corrected chi connectivity index (χ3v) is 5.95. The minimum Gasteiger partial charge on any atom is -0.383 e. The Balaban J connectivity index is 1.55. The maximum Gasteiger partial charge on any atom is 0.261 e. The van der Waals surface area contributed by atoms with Crippen LogP contribution in [0.4, 0.5) is 0 Å². The molecule has 162 valence electrons. The fourth-order valence-electron chi connectivity index (χ4n) is 4.14. The van der Waals surface area contributed by atoms with Crippen molar-refractivity contribution in [3.63, 3.8) is 0 Å². The van der Waals surface area contributed by atoms with E-state index in [9.17, 15) is 9.59 Å². The molecule has 1 aromatic heterocycles. The minimum atomic E-state index is -0.0526. The number of nitrogens with zero attached hydrogens (tertiary/aromatic N) is 4. The number of hydrogen-bond acceptors (Lipinski definition) is 5. The van der Waals surface area contributed by atoms with Gasteiger partial charge in [0.2, 0.25) is 0 Å². The summed E-state index contributed by atoms with van der Waals surface area (Å²) in [6.45, 7) is 5.73. The summed E-state index contributed by atoms with van der Waals surface area (Å²) in [5.41, 5.74) is 1.39. The zero-order chi connectivity index (χ0) is 21.8. The van der Waals surface area contributed by atoms with Gasteiger partial charge in [0, 0.05) is 38.9 Å². The van der Waals surface area contributed by atoms with Crippen LogP contribution in [0.1, 0.15) is 29.1 Å². The number of carbonyl (C=O) groups excluding carboxylic acids is 1. The molecule has 1 amide bonds. The molecular weight excluding hydrogens is 392 g/mol. The van der Waals surface area contributed by atoms with Crippen LogP contribution in [-0.2, 0) is 11.3 Å². The van der Waals surface area contributed by atoms with Gasteiger partial charge >= 0.3 is 0 Å². The summed E-state index contributed by atoms with van der Waals surface area (Å²) >= 11 is 0. The second kappa shape index (κ2) is 9.41. The van der Waals surface area contributed by atoms with Crippen LogP contribution >= 0.6 is 0 Å². The van der Waals surface area contributed by atoms with E-state index in [1.807, 2.05) is 59.5 Å². The number of piperazine rings is 1. The van der Waals surface area contributed by atoms with Gasteiger partial charge in [0.05, 0.1) is 30.1 Å². The Morgan fingerprint density at radius 2 is 1.71 bits per heavy atom. The number of ether oxygens (including phenoxy) is 1. The fraction of sp³-hybridized carbons (Fsp3) is 0.375. The number of methoxy groups -OCH3 is 1. The second-order valence-electron chi connectivity index (χ2n) is 7.81. The van der Waals surface area contributed by atoms with Gasteiger partial charge in [0.25, 0.3) is 11.5 Å². The molecule has 0 bridgehead atoms. The molecule has 3 aromatic rings. The van der Waals surface area contributed by atoms with Crippen LogP contribution in [0.25, 0.3) is 10.9 Å². The van der Waals surface area contributed by atoms with Crippen molar-refractivity contribution >= 4 is 16.8 Å². The first kappa shape index (κ1) is 21.2. The average Bonchev–Trinajstić information content (AvgIpc) is 2.83. The van der Waals surface area contributed by atoms with E-state index in [0.717, 1.165) is 18.9 Å². The summed E-state index contributed by atoms with van der Waals surface area (Å²) in [5, 5.41) is 0.618. The summed E-state index contributed by atoms with van der Waals surface area (Å²) in [5.74, 6) is 0.803. The van der Waals surface area contributed by atoms with Gasteiger partial charge in [-0.1, -0.05) is 30.3 Å². The highest BCUT2D eigenvalue weighted by Gasteiger charge is 2.28. The van der Waals surface area contributed by atoms with E-state index in [0.29, 0.717) is 42.7 Å². The maximum absolute atomic E-state index is 13.1. The first-order valence-electron chi connectivity index (χ1n) is 10.7.